The Bertz CT molecular complexity index is 452. The van der Waals surface area contributed by atoms with Gasteiger partial charge in [0.05, 0.1) is 0 Å². The van der Waals surface area contributed by atoms with Crippen molar-refractivity contribution in [2.24, 2.45) is 11.3 Å². The molecule has 1 atom stereocenters. The fraction of sp³-hybridized carbons (Fsp3) is 0.765. The molecule has 0 amide bonds. The second kappa shape index (κ2) is 6.21. The maximum Gasteiger partial charge on any atom is 0.128 e. The van der Waals surface area contributed by atoms with E-state index >= 15 is 0 Å². The molecule has 3 heteroatoms. The van der Waals surface area contributed by atoms with E-state index in [4.69, 9.17) is 4.98 Å². The van der Waals surface area contributed by atoms with Crippen molar-refractivity contribution in [3.8, 4) is 0 Å². The van der Waals surface area contributed by atoms with E-state index in [1.807, 2.05) is 0 Å². The Morgan fingerprint density at radius 2 is 2.15 bits per heavy atom. The van der Waals surface area contributed by atoms with Crippen LogP contribution in [0.5, 0.6) is 0 Å². The van der Waals surface area contributed by atoms with E-state index in [-0.39, 0.29) is 0 Å². The van der Waals surface area contributed by atoms with Crippen molar-refractivity contribution in [3.05, 3.63) is 23.3 Å². The molecule has 1 aliphatic carbocycles. The van der Waals surface area contributed by atoms with Crippen molar-refractivity contribution >= 4 is 0 Å². The summed E-state index contributed by atoms with van der Waals surface area (Å²) in [4.78, 5) is 9.46. The molecule has 1 N–H and O–H groups in total. The molecule has 0 aromatic carbocycles. The summed E-state index contributed by atoms with van der Waals surface area (Å²) in [6.45, 7) is 12.4. The third-order valence-corrected chi connectivity index (χ3v) is 4.12. The number of aromatic nitrogens is 2. The van der Waals surface area contributed by atoms with Crippen LogP contribution in [-0.2, 0) is 12.8 Å². The summed E-state index contributed by atoms with van der Waals surface area (Å²) in [5, 5.41) is 3.59. The van der Waals surface area contributed by atoms with Gasteiger partial charge in [0.25, 0.3) is 0 Å². The molecular formula is C17H29N3. The summed E-state index contributed by atoms with van der Waals surface area (Å²) < 4.78 is 0. The zero-order valence-corrected chi connectivity index (χ0v) is 13.7. The van der Waals surface area contributed by atoms with Crippen LogP contribution >= 0.6 is 0 Å². The lowest BCUT2D eigenvalue weighted by Crippen LogP contribution is -2.34. The maximum absolute atomic E-state index is 4.86. The first-order valence-corrected chi connectivity index (χ1v) is 7.99. The van der Waals surface area contributed by atoms with Gasteiger partial charge in [0, 0.05) is 29.9 Å². The Morgan fingerprint density at radius 3 is 2.80 bits per heavy atom. The molecule has 3 nitrogen and oxygen atoms in total. The van der Waals surface area contributed by atoms with Crippen LogP contribution in [0.25, 0.3) is 0 Å². The van der Waals surface area contributed by atoms with Gasteiger partial charge in [0.15, 0.2) is 0 Å². The Hall–Kier alpha value is -0.960. The molecule has 0 spiro atoms. The van der Waals surface area contributed by atoms with E-state index in [1.54, 1.807) is 0 Å². The van der Waals surface area contributed by atoms with Crippen molar-refractivity contribution in [2.75, 3.05) is 6.54 Å². The van der Waals surface area contributed by atoms with Crippen LogP contribution < -0.4 is 5.32 Å². The van der Waals surface area contributed by atoms with E-state index in [9.17, 15) is 0 Å². The highest BCUT2D eigenvalue weighted by molar-refractivity contribution is 5.26. The molecule has 1 aromatic rings. The van der Waals surface area contributed by atoms with E-state index in [2.05, 4.69) is 51.1 Å². The third-order valence-electron chi connectivity index (χ3n) is 4.12. The normalized spacial score (nSPS) is 21.0. The van der Waals surface area contributed by atoms with Crippen LogP contribution in [0, 0.1) is 11.3 Å². The number of hydrogen-bond acceptors (Lipinski definition) is 3. The second-order valence-corrected chi connectivity index (χ2v) is 7.28. The average Bonchev–Trinajstić information content (AvgIpc) is 2.35. The third kappa shape index (κ3) is 3.78. The van der Waals surface area contributed by atoms with E-state index in [0.717, 1.165) is 25.2 Å². The van der Waals surface area contributed by atoms with Gasteiger partial charge in [-0.05, 0) is 37.1 Å². The van der Waals surface area contributed by atoms with Gasteiger partial charge in [-0.2, -0.15) is 0 Å². The van der Waals surface area contributed by atoms with Crippen LogP contribution in [0.1, 0.15) is 70.6 Å². The Kier molecular flexibility index (Phi) is 4.79. The molecule has 1 unspecified atom stereocenters. The number of nitrogens with zero attached hydrogens (tertiary/aromatic N) is 2. The molecule has 0 saturated heterocycles. The van der Waals surface area contributed by atoms with Gasteiger partial charge in [-0.3, -0.25) is 0 Å². The zero-order chi connectivity index (χ0) is 14.8. The first-order chi connectivity index (χ1) is 9.41. The molecule has 1 aromatic heterocycles. The van der Waals surface area contributed by atoms with Gasteiger partial charge in [0.2, 0.25) is 0 Å². The van der Waals surface area contributed by atoms with Crippen molar-refractivity contribution in [3.63, 3.8) is 0 Å². The lowest BCUT2D eigenvalue weighted by molar-refractivity contribution is 0.255. The van der Waals surface area contributed by atoms with Gasteiger partial charge in [-0.25, -0.2) is 9.97 Å². The first kappa shape index (κ1) is 15.4. The quantitative estimate of drug-likeness (QED) is 0.890. The molecule has 0 fully saturated rings. The minimum Gasteiger partial charge on any atom is -0.310 e. The van der Waals surface area contributed by atoms with Crippen LogP contribution in [-0.4, -0.2) is 16.5 Å². The molecule has 0 aliphatic heterocycles. The fourth-order valence-electron chi connectivity index (χ4n) is 3.06. The molecule has 20 heavy (non-hydrogen) atoms. The standard InChI is InChI=1S/C17H29N3/c1-6-18-14-9-17(4,5)10-15-13(14)11-19-16(20-15)8-7-12(2)3/h11-12,14,18H,6-10H2,1-5H3. The number of hydrogen-bond donors (Lipinski definition) is 1. The van der Waals surface area contributed by atoms with Crippen LogP contribution in [0.4, 0.5) is 0 Å². The summed E-state index contributed by atoms with van der Waals surface area (Å²) >= 11 is 0. The van der Waals surface area contributed by atoms with Crippen molar-refractivity contribution < 1.29 is 0 Å². The highest BCUT2D eigenvalue weighted by Gasteiger charge is 2.33. The van der Waals surface area contributed by atoms with Gasteiger partial charge in [-0.15, -0.1) is 0 Å². The van der Waals surface area contributed by atoms with Gasteiger partial charge >= 0.3 is 0 Å². The van der Waals surface area contributed by atoms with Crippen LogP contribution in [0.2, 0.25) is 0 Å². The van der Waals surface area contributed by atoms with Crippen molar-refractivity contribution in [2.45, 2.75) is 66.3 Å². The van der Waals surface area contributed by atoms with E-state index in [0.29, 0.717) is 17.4 Å². The fourth-order valence-corrected chi connectivity index (χ4v) is 3.06. The maximum atomic E-state index is 4.86. The first-order valence-electron chi connectivity index (χ1n) is 7.99. The lowest BCUT2D eigenvalue weighted by atomic mass is 9.74. The van der Waals surface area contributed by atoms with Crippen molar-refractivity contribution in [1.82, 2.24) is 15.3 Å². The van der Waals surface area contributed by atoms with Gasteiger partial charge in [-0.1, -0.05) is 34.6 Å². The number of nitrogens with one attached hydrogen (secondary N) is 1. The predicted octanol–water partition coefficient (Wildman–Crippen LogP) is 3.69. The van der Waals surface area contributed by atoms with E-state index in [1.165, 1.54) is 24.1 Å². The highest BCUT2D eigenvalue weighted by atomic mass is 14.9. The molecule has 2 rings (SSSR count). The molecule has 112 valence electrons. The Morgan fingerprint density at radius 1 is 1.40 bits per heavy atom. The topological polar surface area (TPSA) is 37.8 Å². The minimum atomic E-state index is 0.323. The smallest absolute Gasteiger partial charge is 0.128 e. The lowest BCUT2D eigenvalue weighted by Gasteiger charge is -2.36. The summed E-state index contributed by atoms with van der Waals surface area (Å²) in [5.41, 5.74) is 2.91. The molecular weight excluding hydrogens is 246 g/mol. The largest absolute Gasteiger partial charge is 0.310 e. The second-order valence-electron chi connectivity index (χ2n) is 7.28. The Balaban J connectivity index is 2.22. The number of fused-ring (bicyclic) bond motifs is 1. The van der Waals surface area contributed by atoms with Gasteiger partial charge in [0.1, 0.15) is 5.82 Å². The Labute approximate surface area is 123 Å². The molecule has 0 saturated carbocycles. The molecule has 1 aliphatic rings. The summed E-state index contributed by atoms with van der Waals surface area (Å²) in [6, 6.07) is 0.415. The predicted molar refractivity (Wildman–Crippen MR) is 83.7 cm³/mol. The molecule has 0 bridgehead atoms. The van der Waals surface area contributed by atoms with Crippen LogP contribution in [0.3, 0.4) is 0 Å². The van der Waals surface area contributed by atoms with Gasteiger partial charge < -0.3 is 5.32 Å². The summed E-state index contributed by atoms with van der Waals surface area (Å²) in [5.74, 6) is 1.73. The zero-order valence-electron chi connectivity index (χ0n) is 13.7. The number of aryl methyl sites for hydroxylation is 1. The summed E-state index contributed by atoms with van der Waals surface area (Å²) in [6.07, 6.45) is 6.47. The monoisotopic (exact) mass is 275 g/mol. The average molecular weight is 275 g/mol. The minimum absolute atomic E-state index is 0.323. The SMILES string of the molecule is CCNC1CC(C)(C)Cc2nc(CCC(C)C)ncc21. The highest BCUT2D eigenvalue weighted by Crippen LogP contribution is 2.39. The van der Waals surface area contributed by atoms with E-state index < -0.39 is 0 Å². The van der Waals surface area contributed by atoms with Crippen LogP contribution in [0.15, 0.2) is 6.20 Å². The molecule has 1 heterocycles. The van der Waals surface area contributed by atoms with Crippen molar-refractivity contribution in [1.29, 1.82) is 0 Å². The number of rotatable bonds is 5. The summed E-state index contributed by atoms with van der Waals surface area (Å²) in [7, 11) is 0. The molecule has 0 radical (unpaired) electrons.